The summed E-state index contributed by atoms with van der Waals surface area (Å²) in [5, 5.41) is 12.3. The molecule has 2 aromatic heterocycles. The van der Waals surface area contributed by atoms with Crippen molar-refractivity contribution in [2.75, 3.05) is 17.7 Å². The van der Waals surface area contributed by atoms with Gasteiger partial charge in [0.15, 0.2) is 0 Å². The summed E-state index contributed by atoms with van der Waals surface area (Å²) in [5.41, 5.74) is 1.55. The summed E-state index contributed by atoms with van der Waals surface area (Å²) < 4.78 is 42.5. The molecule has 0 saturated heterocycles. The molecule has 0 atom stereocenters. The van der Waals surface area contributed by atoms with Crippen LogP contribution in [0.1, 0.15) is 15.9 Å². The predicted octanol–water partition coefficient (Wildman–Crippen LogP) is 4.74. The zero-order valence-electron chi connectivity index (χ0n) is 18.2. The molecule has 2 heterocycles. The van der Waals surface area contributed by atoms with Crippen molar-refractivity contribution in [2.24, 2.45) is 7.05 Å². The van der Waals surface area contributed by atoms with Crippen LogP contribution < -0.4 is 16.0 Å². The number of alkyl halides is 3. The van der Waals surface area contributed by atoms with Gasteiger partial charge in [-0.15, -0.1) is 0 Å². The van der Waals surface area contributed by atoms with E-state index in [1.807, 2.05) is 31.4 Å². The summed E-state index contributed by atoms with van der Waals surface area (Å²) in [6.45, 7) is 0. The molecule has 0 saturated carbocycles. The number of anilines is 4. The molecule has 4 aromatic rings. The first-order chi connectivity index (χ1) is 16.2. The Morgan fingerprint density at radius 3 is 2.38 bits per heavy atom. The number of para-hydroxylation sites is 1. The smallest absolute Gasteiger partial charge is 0.355 e. The van der Waals surface area contributed by atoms with Gasteiger partial charge in [0.05, 0.1) is 16.9 Å². The molecule has 0 spiro atoms. The fraction of sp³-hybridized carbons (Fsp3) is 0.130. The first-order valence-corrected chi connectivity index (χ1v) is 10.1. The molecular weight excluding hydrogens is 447 g/mol. The highest BCUT2D eigenvalue weighted by Gasteiger charge is 2.35. The van der Waals surface area contributed by atoms with E-state index in [1.165, 1.54) is 19.2 Å². The zero-order valence-corrected chi connectivity index (χ0v) is 18.2. The van der Waals surface area contributed by atoms with Gasteiger partial charge in [0.2, 0.25) is 5.95 Å². The van der Waals surface area contributed by atoms with E-state index in [1.54, 1.807) is 28.9 Å². The Kier molecular flexibility index (Phi) is 6.17. The van der Waals surface area contributed by atoms with Gasteiger partial charge >= 0.3 is 6.18 Å². The third kappa shape index (κ3) is 4.98. The van der Waals surface area contributed by atoms with Crippen molar-refractivity contribution in [1.29, 1.82) is 0 Å². The highest BCUT2D eigenvalue weighted by atomic mass is 19.4. The maximum atomic E-state index is 13.6. The van der Waals surface area contributed by atoms with Crippen LogP contribution in [-0.2, 0) is 13.2 Å². The van der Waals surface area contributed by atoms with E-state index in [4.69, 9.17) is 0 Å². The Bertz CT molecular complexity index is 1320. The molecule has 0 bridgehead atoms. The first kappa shape index (κ1) is 22.8. The average molecular weight is 467 g/mol. The second kappa shape index (κ2) is 9.22. The maximum absolute atomic E-state index is 13.6. The molecule has 34 heavy (non-hydrogen) atoms. The zero-order chi connectivity index (χ0) is 24.3. The van der Waals surface area contributed by atoms with Gasteiger partial charge in [-0.25, -0.2) is 4.98 Å². The molecule has 0 aliphatic rings. The number of carbonyl (C=O) groups excluding carboxylic acids is 1. The van der Waals surface area contributed by atoms with Crippen LogP contribution in [0.2, 0.25) is 0 Å². The van der Waals surface area contributed by atoms with Crippen molar-refractivity contribution >= 4 is 29.0 Å². The van der Waals surface area contributed by atoms with Gasteiger partial charge in [-0.05, 0) is 30.3 Å². The van der Waals surface area contributed by atoms with Crippen LogP contribution in [0.4, 0.5) is 36.3 Å². The lowest BCUT2D eigenvalue weighted by Crippen LogP contribution is -2.20. The van der Waals surface area contributed by atoms with Crippen molar-refractivity contribution in [1.82, 2.24) is 25.1 Å². The normalized spacial score (nSPS) is 11.2. The second-order valence-corrected chi connectivity index (χ2v) is 7.28. The van der Waals surface area contributed by atoms with Crippen LogP contribution in [0.25, 0.3) is 11.3 Å². The summed E-state index contributed by atoms with van der Waals surface area (Å²) in [6.07, 6.45) is -2.18. The van der Waals surface area contributed by atoms with E-state index in [9.17, 15) is 18.0 Å². The molecule has 11 heteroatoms. The molecular formula is C23H20F3N7O. The fourth-order valence-electron chi connectivity index (χ4n) is 3.22. The second-order valence-electron chi connectivity index (χ2n) is 7.28. The van der Waals surface area contributed by atoms with E-state index < -0.39 is 23.5 Å². The summed E-state index contributed by atoms with van der Waals surface area (Å²) in [7, 11) is 3.26. The Labute approximate surface area is 192 Å². The SMILES string of the molecule is CNC(=O)c1ccccc1Nc1nc(Nc2ccc(-c3ccn(C)n3)cc2)ncc1C(F)(F)F. The van der Waals surface area contributed by atoms with Gasteiger partial charge in [-0.2, -0.15) is 23.3 Å². The van der Waals surface area contributed by atoms with Crippen molar-refractivity contribution in [3.05, 3.63) is 78.1 Å². The monoisotopic (exact) mass is 467 g/mol. The highest BCUT2D eigenvalue weighted by molar-refractivity contribution is 6.00. The quantitative estimate of drug-likeness (QED) is 0.379. The summed E-state index contributed by atoms with van der Waals surface area (Å²) in [5.74, 6) is -0.970. The lowest BCUT2D eigenvalue weighted by Gasteiger charge is -2.16. The first-order valence-electron chi connectivity index (χ1n) is 10.1. The van der Waals surface area contributed by atoms with E-state index in [-0.39, 0.29) is 17.2 Å². The largest absolute Gasteiger partial charge is 0.421 e. The average Bonchev–Trinajstić information content (AvgIpc) is 3.25. The topological polar surface area (TPSA) is 96.8 Å². The minimum atomic E-state index is -4.70. The fourth-order valence-corrected chi connectivity index (χ4v) is 3.22. The number of benzene rings is 2. The van der Waals surface area contributed by atoms with Crippen LogP contribution >= 0.6 is 0 Å². The molecule has 3 N–H and O–H groups in total. The Hall–Kier alpha value is -4.41. The number of rotatable bonds is 6. The number of halogens is 3. The van der Waals surface area contributed by atoms with Crippen LogP contribution in [0.5, 0.6) is 0 Å². The van der Waals surface area contributed by atoms with Gasteiger partial charge in [0.25, 0.3) is 5.91 Å². The van der Waals surface area contributed by atoms with E-state index in [0.717, 1.165) is 11.3 Å². The van der Waals surface area contributed by atoms with Crippen molar-refractivity contribution in [3.63, 3.8) is 0 Å². The number of hydrogen-bond donors (Lipinski definition) is 3. The summed E-state index contributed by atoms with van der Waals surface area (Å²) >= 11 is 0. The summed E-state index contributed by atoms with van der Waals surface area (Å²) in [6, 6.07) is 15.2. The molecule has 8 nitrogen and oxygen atoms in total. The number of carbonyl (C=O) groups is 1. The van der Waals surface area contributed by atoms with Gasteiger partial charge in [-0.3, -0.25) is 9.48 Å². The summed E-state index contributed by atoms with van der Waals surface area (Å²) in [4.78, 5) is 20.0. The molecule has 0 unspecified atom stereocenters. The van der Waals surface area contributed by atoms with E-state index >= 15 is 0 Å². The van der Waals surface area contributed by atoms with E-state index in [0.29, 0.717) is 11.9 Å². The third-order valence-corrected chi connectivity index (χ3v) is 4.90. The molecule has 174 valence electrons. The van der Waals surface area contributed by atoms with Crippen LogP contribution in [0.15, 0.2) is 67.0 Å². The van der Waals surface area contributed by atoms with Crippen LogP contribution in [-0.4, -0.2) is 32.7 Å². The number of hydrogen-bond acceptors (Lipinski definition) is 6. The number of aromatic nitrogens is 4. The van der Waals surface area contributed by atoms with Crippen LogP contribution in [0, 0.1) is 0 Å². The molecule has 4 rings (SSSR count). The van der Waals surface area contributed by atoms with Crippen molar-refractivity contribution in [3.8, 4) is 11.3 Å². The number of nitrogens with zero attached hydrogens (tertiary/aromatic N) is 4. The van der Waals surface area contributed by atoms with Gasteiger partial charge in [0.1, 0.15) is 11.4 Å². The number of aryl methyl sites for hydroxylation is 1. The Morgan fingerprint density at radius 2 is 1.74 bits per heavy atom. The minimum absolute atomic E-state index is 0.0430. The highest BCUT2D eigenvalue weighted by Crippen LogP contribution is 2.36. The predicted molar refractivity (Wildman–Crippen MR) is 122 cm³/mol. The van der Waals surface area contributed by atoms with Crippen LogP contribution in [0.3, 0.4) is 0 Å². The molecule has 0 aliphatic carbocycles. The van der Waals surface area contributed by atoms with Crippen molar-refractivity contribution in [2.45, 2.75) is 6.18 Å². The maximum Gasteiger partial charge on any atom is 0.421 e. The van der Waals surface area contributed by atoms with E-state index in [2.05, 4.69) is 31.0 Å². The molecule has 0 aliphatic heterocycles. The number of amides is 1. The lowest BCUT2D eigenvalue weighted by molar-refractivity contribution is -0.137. The van der Waals surface area contributed by atoms with Crippen molar-refractivity contribution < 1.29 is 18.0 Å². The molecule has 0 fully saturated rings. The molecule has 1 amide bonds. The van der Waals surface area contributed by atoms with Gasteiger partial charge in [0, 0.05) is 37.7 Å². The Morgan fingerprint density at radius 1 is 1.00 bits per heavy atom. The minimum Gasteiger partial charge on any atom is -0.355 e. The molecule has 0 radical (unpaired) electrons. The van der Waals surface area contributed by atoms with Gasteiger partial charge < -0.3 is 16.0 Å². The molecule has 2 aromatic carbocycles. The lowest BCUT2D eigenvalue weighted by atomic mass is 10.1. The standard InChI is InChI=1S/C23H20F3N7O/c1-27-21(34)16-5-3-4-6-19(16)30-20-17(23(24,25)26)13-28-22(31-20)29-15-9-7-14(8-10-15)18-11-12-33(2)32-18/h3-13H,1-2H3,(H,27,34)(H2,28,29,30,31). The third-order valence-electron chi connectivity index (χ3n) is 4.90. The Balaban J connectivity index is 1.63. The van der Waals surface area contributed by atoms with Gasteiger partial charge in [-0.1, -0.05) is 24.3 Å². The number of nitrogens with one attached hydrogen (secondary N) is 3.